The third kappa shape index (κ3) is 1.71. The summed E-state index contributed by atoms with van der Waals surface area (Å²) in [5.74, 6) is 0.902. The van der Waals surface area contributed by atoms with Crippen molar-refractivity contribution < 1.29 is 4.42 Å². The van der Waals surface area contributed by atoms with Gasteiger partial charge in [-0.25, -0.2) is 0 Å². The summed E-state index contributed by atoms with van der Waals surface area (Å²) in [7, 11) is 0. The Kier molecular flexibility index (Phi) is 2.49. The second kappa shape index (κ2) is 3.39. The van der Waals surface area contributed by atoms with Crippen molar-refractivity contribution in [1.82, 2.24) is 0 Å². The van der Waals surface area contributed by atoms with Crippen molar-refractivity contribution in [2.75, 3.05) is 0 Å². The minimum atomic E-state index is 0.0336. The number of hydrogen-bond acceptors (Lipinski definition) is 2. The molecule has 1 heterocycles. The minimum absolute atomic E-state index is 0.0336. The maximum Gasteiger partial charge on any atom is 0.105 e. The molecule has 0 spiro atoms. The highest BCUT2D eigenvalue weighted by atomic mass is 16.3. The van der Waals surface area contributed by atoms with Crippen molar-refractivity contribution in [3.05, 3.63) is 36.3 Å². The fraction of sp³-hybridized carbons (Fsp3) is 0.333. The van der Waals surface area contributed by atoms with E-state index in [0.29, 0.717) is 0 Å². The van der Waals surface area contributed by atoms with Crippen molar-refractivity contribution in [3.8, 4) is 0 Å². The van der Waals surface area contributed by atoms with Crippen molar-refractivity contribution in [1.29, 1.82) is 0 Å². The van der Waals surface area contributed by atoms with E-state index in [-0.39, 0.29) is 6.04 Å². The average molecular weight is 151 g/mol. The Labute approximate surface area is 66.7 Å². The van der Waals surface area contributed by atoms with E-state index in [0.717, 1.165) is 17.7 Å². The Morgan fingerprint density at radius 3 is 3.00 bits per heavy atom. The van der Waals surface area contributed by atoms with Crippen LogP contribution in [0.5, 0.6) is 0 Å². The molecule has 0 saturated carbocycles. The van der Waals surface area contributed by atoms with Crippen molar-refractivity contribution in [2.45, 2.75) is 19.4 Å². The number of rotatable bonds is 3. The molecule has 1 aromatic rings. The molecule has 1 rings (SSSR count). The topological polar surface area (TPSA) is 39.2 Å². The second-order valence-corrected chi connectivity index (χ2v) is 2.56. The van der Waals surface area contributed by atoms with Crippen LogP contribution >= 0.6 is 0 Å². The highest BCUT2D eigenvalue weighted by Gasteiger charge is 2.08. The molecule has 0 aliphatic rings. The summed E-state index contributed by atoms with van der Waals surface area (Å²) in [6, 6.07) is 1.94. The summed E-state index contributed by atoms with van der Waals surface area (Å²) in [4.78, 5) is 0. The Hall–Kier alpha value is -1.02. The molecule has 60 valence electrons. The quantitative estimate of drug-likeness (QED) is 0.672. The highest BCUT2D eigenvalue weighted by molar-refractivity contribution is 5.20. The molecule has 0 amide bonds. The SMILES string of the molecule is C=CCC(N)c1ccoc1C. The minimum Gasteiger partial charge on any atom is -0.469 e. The lowest BCUT2D eigenvalue weighted by Crippen LogP contribution is -2.08. The van der Waals surface area contributed by atoms with E-state index >= 15 is 0 Å². The van der Waals surface area contributed by atoms with E-state index in [9.17, 15) is 0 Å². The van der Waals surface area contributed by atoms with Crippen molar-refractivity contribution >= 4 is 0 Å². The molecule has 2 N–H and O–H groups in total. The zero-order valence-electron chi connectivity index (χ0n) is 6.71. The van der Waals surface area contributed by atoms with Gasteiger partial charge in [0, 0.05) is 11.6 Å². The molecule has 0 aliphatic carbocycles. The predicted octanol–water partition coefficient (Wildman–Crippen LogP) is 2.16. The van der Waals surface area contributed by atoms with Gasteiger partial charge < -0.3 is 10.2 Å². The molecule has 1 aromatic heterocycles. The maximum atomic E-state index is 5.82. The van der Waals surface area contributed by atoms with Crippen LogP contribution < -0.4 is 5.73 Å². The summed E-state index contributed by atoms with van der Waals surface area (Å²) in [6.07, 6.45) is 4.27. The maximum absolute atomic E-state index is 5.82. The van der Waals surface area contributed by atoms with Gasteiger partial charge in [0.25, 0.3) is 0 Å². The summed E-state index contributed by atoms with van der Waals surface area (Å²) >= 11 is 0. The van der Waals surface area contributed by atoms with Crippen LogP contribution in [0.15, 0.2) is 29.4 Å². The molecule has 0 radical (unpaired) electrons. The fourth-order valence-corrected chi connectivity index (χ4v) is 1.09. The Bertz CT molecular complexity index is 239. The normalized spacial score (nSPS) is 12.9. The third-order valence-electron chi connectivity index (χ3n) is 1.72. The van der Waals surface area contributed by atoms with Gasteiger partial charge in [-0.1, -0.05) is 6.08 Å². The second-order valence-electron chi connectivity index (χ2n) is 2.56. The van der Waals surface area contributed by atoms with Crippen LogP contribution in [-0.2, 0) is 0 Å². The van der Waals surface area contributed by atoms with E-state index in [2.05, 4.69) is 6.58 Å². The van der Waals surface area contributed by atoms with Crippen LogP contribution in [0.1, 0.15) is 23.8 Å². The molecule has 1 unspecified atom stereocenters. The summed E-state index contributed by atoms with van der Waals surface area (Å²) in [5.41, 5.74) is 6.89. The van der Waals surface area contributed by atoms with Gasteiger partial charge in [-0.3, -0.25) is 0 Å². The molecule has 2 nitrogen and oxygen atoms in total. The number of furan rings is 1. The van der Waals surface area contributed by atoms with Crippen LogP contribution in [0.3, 0.4) is 0 Å². The highest BCUT2D eigenvalue weighted by Crippen LogP contribution is 2.18. The lowest BCUT2D eigenvalue weighted by atomic mass is 10.1. The molecule has 11 heavy (non-hydrogen) atoms. The van der Waals surface area contributed by atoms with Crippen LogP contribution in [-0.4, -0.2) is 0 Å². The van der Waals surface area contributed by atoms with Crippen LogP contribution in [0.2, 0.25) is 0 Å². The van der Waals surface area contributed by atoms with E-state index < -0.39 is 0 Å². The lowest BCUT2D eigenvalue weighted by molar-refractivity contribution is 0.524. The van der Waals surface area contributed by atoms with Crippen LogP contribution in [0.25, 0.3) is 0 Å². The zero-order valence-corrected chi connectivity index (χ0v) is 6.71. The molecular weight excluding hydrogens is 138 g/mol. The first-order chi connectivity index (χ1) is 5.25. The van der Waals surface area contributed by atoms with Gasteiger partial charge in [0.15, 0.2) is 0 Å². The van der Waals surface area contributed by atoms with Gasteiger partial charge in [0.1, 0.15) is 5.76 Å². The molecule has 0 fully saturated rings. The first-order valence-corrected chi connectivity index (χ1v) is 3.66. The van der Waals surface area contributed by atoms with Crippen LogP contribution in [0, 0.1) is 6.92 Å². The number of hydrogen-bond donors (Lipinski definition) is 1. The summed E-state index contributed by atoms with van der Waals surface area (Å²) in [5, 5.41) is 0. The molecule has 0 bridgehead atoms. The standard InChI is InChI=1S/C9H13NO/c1-3-4-9(10)8-5-6-11-7(8)2/h3,5-6,9H,1,4,10H2,2H3. The van der Waals surface area contributed by atoms with E-state index in [1.165, 1.54) is 0 Å². The Morgan fingerprint density at radius 1 is 1.82 bits per heavy atom. The van der Waals surface area contributed by atoms with Gasteiger partial charge in [-0.05, 0) is 19.4 Å². The first kappa shape index (κ1) is 8.08. The van der Waals surface area contributed by atoms with Crippen molar-refractivity contribution in [2.24, 2.45) is 5.73 Å². The molecule has 0 aliphatic heterocycles. The summed E-state index contributed by atoms with van der Waals surface area (Å²) < 4.78 is 5.12. The fourth-order valence-electron chi connectivity index (χ4n) is 1.09. The lowest BCUT2D eigenvalue weighted by Gasteiger charge is -2.06. The van der Waals surface area contributed by atoms with E-state index in [1.54, 1.807) is 6.26 Å². The largest absolute Gasteiger partial charge is 0.469 e. The Balaban J connectivity index is 2.74. The molecule has 2 heteroatoms. The van der Waals surface area contributed by atoms with Gasteiger partial charge >= 0.3 is 0 Å². The van der Waals surface area contributed by atoms with E-state index in [4.69, 9.17) is 10.2 Å². The van der Waals surface area contributed by atoms with Gasteiger partial charge in [0.2, 0.25) is 0 Å². The summed E-state index contributed by atoms with van der Waals surface area (Å²) in [6.45, 7) is 5.54. The smallest absolute Gasteiger partial charge is 0.105 e. The number of aryl methyl sites for hydroxylation is 1. The molecule has 1 atom stereocenters. The molecule has 0 aromatic carbocycles. The average Bonchev–Trinajstić information content (AvgIpc) is 2.36. The van der Waals surface area contributed by atoms with Gasteiger partial charge in [0.05, 0.1) is 6.26 Å². The van der Waals surface area contributed by atoms with Gasteiger partial charge in [-0.15, -0.1) is 6.58 Å². The number of nitrogens with two attached hydrogens (primary N) is 1. The van der Waals surface area contributed by atoms with Crippen molar-refractivity contribution in [3.63, 3.8) is 0 Å². The predicted molar refractivity (Wildman–Crippen MR) is 45.2 cm³/mol. The zero-order chi connectivity index (χ0) is 8.27. The van der Waals surface area contributed by atoms with E-state index in [1.807, 2.05) is 19.1 Å². The first-order valence-electron chi connectivity index (χ1n) is 3.66. The molecule has 0 saturated heterocycles. The third-order valence-corrected chi connectivity index (χ3v) is 1.72. The van der Waals surface area contributed by atoms with Crippen LogP contribution in [0.4, 0.5) is 0 Å². The Morgan fingerprint density at radius 2 is 2.55 bits per heavy atom. The molecular formula is C9H13NO. The van der Waals surface area contributed by atoms with Gasteiger partial charge in [-0.2, -0.15) is 0 Å². The monoisotopic (exact) mass is 151 g/mol.